The van der Waals surface area contributed by atoms with Crippen molar-refractivity contribution in [3.8, 4) is 0 Å². The van der Waals surface area contributed by atoms with Crippen molar-refractivity contribution < 1.29 is 23.9 Å². The van der Waals surface area contributed by atoms with Gasteiger partial charge in [-0.25, -0.2) is 9.59 Å². The van der Waals surface area contributed by atoms with E-state index in [0.29, 0.717) is 17.8 Å². The third-order valence-corrected chi connectivity index (χ3v) is 7.27. The number of esters is 2. The highest BCUT2D eigenvalue weighted by Crippen LogP contribution is 2.45. The molecule has 1 aromatic heterocycles. The highest BCUT2D eigenvalue weighted by molar-refractivity contribution is 6.27. The first-order valence-corrected chi connectivity index (χ1v) is 12.5. The molecule has 0 saturated heterocycles. The number of fused-ring (bicyclic) bond motifs is 3. The number of allylic oxidation sites excluding steroid dienone is 1. The molecule has 1 aliphatic carbocycles. The van der Waals surface area contributed by atoms with Crippen LogP contribution in [0.2, 0.25) is 0 Å². The van der Waals surface area contributed by atoms with E-state index < -0.39 is 29.9 Å². The number of H-pyrrole nitrogens is 1. The van der Waals surface area contributed by atoms with Crippen LogP contribution in [0.3, 0.4) is 0 Å². The molecule has 4 rings (SSSR count). The molecule has 0 unspecified atom stereocenters. The van der Waals surface area contributed by atoms with Gasteiger partial charge in [0.2, 0.25) is 5.91 Å². The van der Waals surface area contributed by atoms with Gasteiger partial charge in [0.15, 0.2) is 0 Å². The van der Waals surface area contributed by atoms with Crippen molar-refractivity contribution in [2.45, 2.75) is 45.2 Å². The summed E-state index contributed by atoms with van der Waals surface area (Å²) in [6, 6.07) is 6.19. The van der Waals surface area contributed by atoms with Gasteiger partial charge in [-0.2, -0.15) is 0 Å². The number of aromatic nitrogens is 1. The van der Waals surface area contributed by atoms with Crippen molar-refractivity contribution in [3.63, 3.8) is 0 Å². The summed E-state index contributed by atoms with van der Waals surface area (Å²) in [6.07, 6.45) is 7.39. The fraction of sp³-hybridized carbons (Fsp3) is 0.393. The third-order valence-electron chi connectivity index (χ3n) is 7.04. The van der Waals surface area contributed by atoms with Crippen LogP contribution in [0.4, 0.5) is 0 Å². The fourth-order valence-corrected chi connectivity index (χ4v) is 4.76. The lowest BCUT2D eigenvalue weighted by molar-refractivity contribution is -0.154. The molecular formula is C28H31ClN2O5. The Labute approximate surface area is 215 Å². The number of methoxy groups -OCH3 is 1. The van der Waals surface area contributed by atoms with Crippen LogP contribution < -0.4 is 0 Å². The summed E-state index contributed by atoms with van der Waals surface area (Å²) >= 11 is 5.97. The van der Waals surface area contributed by atoms with Crippen LogP contribution in [0, 0.1) is 5.41 Å². The molecule has 1 N–H and O–H groups in total. The number of rotatable bonds is 8. The number of hydrogen-bond donors (Lipinski definition) is 1. The molecule has 36 heavy (non-hydrogen) atoms. The number of halogens is 1. The summed E-state index contributed by atoms with van der Waals surface area (Å²) in [5.74, 6) is -1.66. The molecule has 7 nitrogen and oxygen atoms in total. The van der Waals surface area contributed by atoms with Crippen molar-refractivity contribution in [2.75, 3.05) is 19.6 Å². The predicted molar refractivity (Wildman–Crippen MR) is 138 cm³/mol. The number of para-hydroxylation sites is 1. The molecule has 1 aliphatic heterocycles. The summed E-state index contributed by atoms with van der Waals surface area (Å²) < 4.78 is 10.5. The zero-order valence-electron chi connectivity index (χ0n) is 20.8. The van der Waals surface area contributed by atoms with Gasteiger partial charge in [0.1, 0.15) is 11.9 Å². The molecule has 0 spiro atoms. The fourth-order valence-electron chi connectivity index (χ4n) is 4.62. The number of hydrogen-bond acceptors (Lipinski definition) is 5. The average Bonchev–Trinajstić information content (AvgIpc) is 3.52. The molecule has 8 heteroatoms. The summed E-state index contributed by atoms with van der Waals surface area (Å²) in [5, 5.41) is 0.965. The second kappa shape index (κ2) is 10.3. The van der Waals surface area contributed by atoms with Crippen LogP contribution in [0.15, 0.2) is 60.2 Å². The number of carbonyl (C=O) groups is 3. The first-order chi connectivity index (χ1) is 17.2. The minimum absolute atomic E-state index is 0.0846. The number of aromatic amines is 1. The predicted octanol–water partition coefficient (Wildman–Crippen LogP) is 4.78. The third kappa shape index (κ3) is 4.98. The number of nitrogens with one attached hydrogen (secondary N) is 1. The largest absolute Gasteiger partial charge is 0.467 e. The number of carbonyl (C=O) groups excluding carboxylic acids is 3. The maximum atomic E-state index is 13.0. The van der Waals surface area contributed by atoms with Gasteiger partial charge in [0, 0.05) is 28.4 Å². The van der Waals surface area contributed by atoms with E-state index in [2.05, 4.69) is 18.5 Å². The van der Waals surface area contributed by atoms with E-state index in [1.54, 1.807) is 25.2 Å². The Balaban J connectivity index is 1.70. The molecule has 1 saturated carbocycles. The van der Waals surface area contributed by atoms with E-state index in [4.69, 9.17) is 21.1 Å². The molecule has 2 heterocycles. The topological polar surface area (TPSA) is 88.7 Å². The minimum atomic E-state index is -0.867. The van der Waals surface area contributed by atoms with Crippen LogP contribution in [-0.4, -0.2) is 53.4 Å². The SMILES string of the molecule is C=C(/C=C\C(=C/C)C(=O)OCC1(C)CC1)[C@H]1c2[nH]c3ccccc3c2C[C@H](C(=O)OC)N1C(=O)CCl. The lowest BCUT2D eigenvalue weighted by Crippen LogP contribution is -2.52. The van der Waals surface area contributed by atoms with Crippen molar-refractivity contribution in [2.24, 2.45) is 5.41 Å². The van der Waals surface area contributed by atoms with Gasteiger partial charge in [-0.05, 0) is 43.0 Å². The minimum Gasteiger partial charge on any atom is -0.467 e. The lowest BCUT2D eigenvalue weighted by atomic mass is 9.88. The van der Waals surface area contributed by atoms with E-state index in [9.17, 15) is 14.4 Å². The summed E-state index contributed by atoms with van der Waals surface area (Å²) in [5.41, 5.74) is 3.54. The Morgan fingerprint density at radius 2 is 1.97 bits per heavy atom. The Morgan fingerprint density at radius 3 is 2.61 bits per heavy atom. The number of alkyl halides is 1. The van der Waals surface area contributed by atoms with Gasteiger partial charge in [-0.1, -0.05) is 43.9 Å². The zero-order chi connectivity index (χ0) is 26.0. The second-order valence-corrected chi connectivity index (χ2v) is 9.95. The molecule has 1 aromatic carbocycles. The molecule has 1 fully saturated rings. The van der Waals surface area contributed by atoms with Crippen LogP contribution in [0.5, 0.6) is 0 Å². The maximum Gasteiger partial charge on any atom is 0.337 e. The Morgan fingerprint density at radius 1 is 1.25 bits per heavy atom. The smallest absolute Gasteiger partial charge is 0.337 e. The van der Waals surface area contributed by atoms with Crippen molar-refractivity contribution in [3.05, 3.63) is 71.5 Å². The van der Waals surface area contributed by atoms with Crippen molar-refractivity contribution >= 4 is 40.3 Å². The van der Waals surface area contributed by atoms with Crippen molar-refractivity contribution in [1.82, 2.24) is 9.88 Å². The van der Waals surface area contributed by atoms with Gasteiger partial charge < -0.3 is 19.4 Å². The van der Waals surface area contributed by atoms with Crippen LogP contribution in [0.25, 0.3) is 10.9 Å². The van der Waals surface area contributed by atoms with Crippen molar-refractivity contribution in [1.29, 1.82) is 0 Å². The Kier molecular flexibility index (Phi) is 7.41. The molecule has 0 bridgehead atoms. The van der Waals surface area contributed by atoms with E-state index in [-0.39, 0.29) is 17.7 Å². The normalized spacial score (nSPS) is 20.8. The van der Waals surface area contributed by atoms with E-state index >= 15 is 0 Å². The molecule has 0 radical (unpaired) electrons. The standard InChI is InChI=1S/C28H31ClN2O5/c1-5-18(26(33)36-16-28(3)12-13-28)11-10-17(2)25-24-20(19-8-6-7-9-21(19)30-24)14-22(27(34)35-4)31(25)23(32)15-29/h5-11,22,25,30H,2,12-16H2,1,3-4H3/b11-10-,18-5+/t22-,25+/m1/s1. The second-order valence-electron chi connectivity index (χ2n) is 9.68. The Hall–Kier alpha value is -3.32. The molecule has 2 aliphatic rings. The summed E-state index contributed by atoms with van der Waals surface area (Å²) in [7, 11) is 1.30. The first-order valence-electron chi connectivity index (χ1n) is 12.0. The lowest BCUT2D eigenvalue weighted by Gasteiger charge is -2.40. The van der Waals surface area contributed by atoms with E-state index in [1.807, 2.05) is 24.3 Å². The van der Waals surface area contributed by atoms with E-state index in [0.717, 1.165) is 35.0 Å². The molecule has 1 amide bonds. The number of ether oxygens (including phenoxy) is 2. The zero-order valence-corrected chi connectivity index (χ0v) is 21.6. The number of benzene rings is 1. The van der Waals surface area contributed by atoms with Gasteiger partial charge >= 0.3 is 11.9 Å². The Bertz CT molecular complexity index is 1270. The number of nitrogens with zero attached hydrogens (tertiary/aromatic N) is 1. The van der Waals surface area contributed by atoms with E-state index in [1.165, 1.54) is 12.0 Å². The van der Waals surface area contributed by atoms with Gasteiger partial charge in [-0.3, -0.25) is 4.79 Å². The van der Waals surface area contributed by atoms with Crippen LogP contribution in [0.1, 0.15) is 44.0 Å². The molecular weight excluding hydrogens is 480 g/mol. The highest BCUT2D eigenvalue weighted by atomic mass is 35.5. The quantitative estimate of drug-likeness (QED) is 0.239. The number of amides is 1. The molecule has 190 valence electrons. The highest BCUT2D eigenvalue weighted by Gasteiger charge is 2.44. The summed E-state index contributed by atoms with van der Waals surface area (Å²) in [6.45, 7) is 8.46. The van der Waals surface area contributed by atoms with Crippen LogP contribution >= 0.6 is 11.6 Å². The molecule has 2 atom stereocenters. The maximum absolute atomic E-state index is 13.0. The summed E-state index contributed by atoms with van der Waals surface area (Å²) in [4.78, 5) is 43.3. The first kappa shape index (κ1) is 25.8. The average molecular weight is 511 g/mol. The van der Waals surface area contributed by atoms with Gasteiger partial charge in [0.05, 0.1) is 25.3 Å². The van der Waals surface area contributed by atoms with Gasteiger partial charge in [0.25, 0.3) is 0 Å². The van der Waals surface area contributed by atoms with Gasteiger partial charge in [-0.15, -0.1) is 11.6 Å². The van der Waals surface area contributed by atoms with Crippen LogP contribution in [-0.2, 0) is 30.3 Å². The molecule has 2 aromatic rings. The monoisotopic (exact) mass is 510 g/mol.